The first-order valence-corrected chi connectivity index (χ1v) is 6.98. The van der Waals surface area contributed by atoms with Crippen molar-refractivity contribution in [1.29, 1.82) is 0 Å². The fourth-order valence-corrected chi connectivity index (χ4v) is 1.96. The number of ether oxygens (including phenoxy) is 3. The maximum Gasteiger partial charge on any atom is 0.246 e. The normalized spacial score (nSPS) is 12.1. The summed E-state index contributed by atoms with van der Waals surface area (Å²) in [6.45, 7) is -0.344. The van der Waals surface area contributed by atoms with Gasteiger partial charge in [-0.3, -0.25) is 4.79 Å². The molecule has 0 aromatic heterocycles. The Morgan fingerprint density at radius 1 is 1.22 bits per heavy atom. The van der Waals surface area contributed by atoms with Crippen molar-refractivity contribution in [2.75, 3.05) is 41.5 Å². The number of aliphatic hydroxyl groups is 2. The van der Waals surface area contributed by atoms with Gasteiger partial charge in [0.25, 0.3) is 0 Å². The molecule has 1 amide bonds. The zero-order valence-electron chi connectivity index (χ0n) is 13.8. The summed E-state index contributed by atoms with van der Waals surface area (Å²) >= 11 is 0. The molecule has 0 heterocycles. The van der Waals surface area contributed by atoms with Gasteiger partial charge in [0.05, 0.1) is 34.0 Å². The van der Waals surface area contributed by atoms with Crippen LogP contribution in [0.2, 0.25) is 0 Å². The Bertz CT molecular complexity index is 532. The Balaban J connectivity index is 2.93. The molecule has 0 bridgehead atoms. The summed E-state index contributed by atoms with van der Waals surface area (Å²) in [5.41, 5.74) is 0.698. The van der Waals surface area contributed by atoms with E-state index in [0.29, 0.717) is 22.8 Å². The Labute approximate surface area is 135 Å². The summed E-state index contributed by atoms with van der Waals surface area (Å²) in [4.78, 5) is 13.3. The number of benzene rings is 1. The van der Waals surface area contributed by atoms with E-state index in [0.717, 1.165) is 0 Å². The van der Waals surface area contributed by atoms with Crippen molar-refractivity contribution in [2.24, 2.45) is 0 Å². The van der Waals surface area contributed by atoms with Crippen molar-refractivity contribution < 1.29 is 29.2 Å². The predicted octanol–water partition coefficient (Wildman–Crippen LogP) is 0.537. The zero-order chi connectivity index (χ0) is 17.4. The number of amides is 1. The summed E-state index contributed by atoms with van der Waals surface area (Å²) in [5, 5.41) is 18.1. The smallest absolute Gasteiger partial charge is 0.246 e. The van der Waals surface area contributed by atoms with Crippen molar-refractivity contribution >= 4 is 12.0 Å². The highest BCUT2D eigenvalue weighted by Crippen LogP contribution is 2.38. The molecule has 0 fully saturated rings. The predicted molar refractivity (Wildman–Crippen MR) is 85.9 cm³/mol. The maximum atomic E-state index is 12.0. The van der Waals surface area contributed by atoms with Gasteiger partial charge in [0.1, 0.15) is 0 Å². The van der Waals surface area contributed by atoms with E-state index in [9.17, 15) is 9.90 Å². The third kappa shape index (κ3) is 5.15. The van der Waals surface area contributed by atoms with E-state index in [1.807, 2.05) is 0 Å². The van der Waals surface area contributed by atoms with E-state index < -0.39 is 12.7 Å². The fourth-order valence-electron chi connectivity index (χ4n) is 1.96. The average molecular weight is 325 g/mol. The Morgan fingerprint density at radius 3 is 2.22 bits per heavy atom. The van der Waals surface area contributed by atoms with Crippen LogP contribution in [0.1, 0.15) is 5.56 Å². The molecule has 0 aliphatic heterocycles. The summed E-state index contributed by atoms with van der Waals surface area (Å²) < 4.78 is 15.7. The van der Waals surface area contributed by atoms with Crippen LogP contribution in [0, 0.1) is 0 Å². The molecule has 1 atom stereocenters. The highest BCUT2D eigenvalue weighted by atomic mass is 16.5. The number of hydrogen-bond acceptors (Lipinski definition) is 6. The lowest BCUT2D eigenvalue weighted by molar-refractivity contribution is -0.126. The second-order valence-electron chi connectivity index (χ2n) is 4.85. The van der Waals surface area contributed by atoms with Crippen LogP contribution in [0.25, 0.3) is 6.08 Å². The van der Waals surface area contributed by atoms with Crippen LogP contribution < -0.4 is 14.2 Å². The van der Waals surface area contributed by atoms with Gasteiger partial charge in [0, 0.05) is 19.7 Å². The SMILES string of the molecule is COc1cc(/C=C/C(=O)N(C)CC(O)CO)cc(OC)c1OC. The lowest BCUT2D eigenvalue weighted by Gasteiger charge is -2.18. The van der Waals surface area contributed by atoms with Crippen LogP contribution in [-0.4, -0.2) is 68.7 Å². The van der Waals surface area contributed by atoms with Crippen LogP contribution in [-0.2, 0) is 4.79 Å². The first kappa shape index (κ1) is 18.8. The highest BCUT2D eigenvalue weighted by Gasteiger charge is 2.13. The van der Waals surface area contributed by atoms with E-state index in [1.54, 1.807) is 25.3 Å². The highest BCUT2D eigenvalue weighted by molar-refractivity contribution is 5.91. The largest absolute Gasteiger partial charge is 0.493 e. The Kier molecular flexibility index (Phi) is 7.37. The average Bonchev–Trinajstić information content (AvgIpc) is 2.57. The first-order valence-electron chi connectivity index (χ1n) is 6.98. The summed E-state index contributed by atoms with van der Waals surface area (Å²) in [6.07, 6.45) is 2.01. The van der Waals surface area contributed by atoms with Gasteiger partial charge in [-0.1, -0.05) is 0 Å². The summed E-state index contributed by atoms with van der Waals surface area (Å²) in [6, 6.07) is 3.43. The molecule has 128 valence electrons. The molecule has 0 spiro atoms. The number of nitrogens with zero attached hydrogens (tertiary/aromatic N) is 1. The molecule has 2 N–H and O–H groups in total. The quantitative estimate of drug-likeness (QED) is 0.678. The number of aliphatic hydroxyl groups excluding tert-OH is 2. The standard InChI is InChI=1S/C16H23NO6/c1-17(9-12(19)10-18)15(20)6-5-11-7-13(21-2)16(23-4)14(8-11)22-3/h5-8,12,18-19H,9-10H2,1-4H3/b6-5+. The van der Waals surface area contributed by atoms with Crippen molar-refractivity contribution in [3.05, 3.63) is 23.8 Å². The molecule has 1 aromatic carbocycles. The van der Waals surface area contributed by atoms with E-state index in [2.05, 4.69) is 0 Å². The van der Waals surface area contributed by atoms with Crippen LogP contribution in [0.4, 0.5) is 0 Å². The zero-order valence-corrected chi connectivity index (χ0v) is 13.8. The molecule has 1 aromatic rings. The topological polar surface area (TPSA) is 88.5 Å². The third-order valence-corrected chi connectivity index (χ3v) is 3.18. The number of likely N-dealkylation sites (N-methyl/N-ethyl adjacent to an activating group) is 1. The summed E-state index contributed by atoms with van der Waals surface area (Å²) in [5.74, 6) is 1.15. The molecule has 0 aliphatic carbocycles. The molecule has 23 heavy (non-hydrogen) atoms. The lowest BCUT2D eigenvalue weighted by atomic mass is 10.1. The number of hydrogen-bond donors (Lipinski definition) is 2. The molecular formula is C16H23NO6. The van der Waals surface area contributed by atoms with Crippen LogP contribution in [0.5, 0.6) is 17.2 Å². The van der Waals surface area contributed by atoms with E-state index in [4.69, 9.17) is 19.3 Å². The van der Waals surface area contributed by atoms with Gasteiger partial charge in [0.15, 0.2) is 11.5 Å². The van der Waals surface area contributed by atoms with Gasteiger partial charge in [-0.05, 0) is 23.8 Å². The first-order chi connectivity index (χ1) is 11.0. The molecule has 0 radical (unpaired) electrons. The molecule has 1 rings (SSSR count). The molecule has 0 aliphatic rings. The fraction of sp³-hybridized carbons (Fsp3) is 0.438. The van der Waals surface area contributed by atoms with Crippen molar-refractivity contribution in [2.45, 2.75) is 6.10 Å². The lowest BCUT2D eigenvalue weighted by Crippen LogP contribution is -2.34. The number of carbonyl (C=O) groups is 1. The van der Waals surface area contributed by atoms with Crippen molar-refractivity contribution in [3.63, 3.8) is 0 Å². The van der Waals surface area contributed by atoms with Crippen molar-refractivity contribution in [3.8, 4) is 17.2 Å². The van der Waals surface area contributed by atoms with Crippen LogP contribution in [0.15, 0.2) is 18.2 Å². The Hall–Kier alpha value is -2.25. The maximum absolute atomic E-state index is 12.0. The van der Waals surface area contributed by atoms with E-state index in [-0.39, 0.29) is 12.5 Å². The van der Waals surface area contributed by atoms with Gasteiger partial charge < -0.3 is 29.3 Å². The van der Waals surface area contributed by atoms with Crippen LogP contribution in [0.3, 0.4) is 0 Å². The number of rotatable bonds is 8. The van der Waals surface area contributed by atoms with E-state index >= 15 is 0 Å². The van der Waals surface area contributed by atoms with Gasteiger partial charge in [-0.25, -0.2) is 0 Å². The third-order valence-electron chi connectivity index (χ3n) is 3.18. The van der Waals surface area contributed by atoms with Gasteiger partial charge in [-0.2, -0.15) is 0 Å². The molecule has 1 unspecified atom stereocenters. The van der Waals surface area contributed by atoms with Crippen molar-refractivity contribution in [1.82, 2.24) is 4.90 Å². The summed E-state index contributed by atoms with van der Waals surface area (Å²) in [7, 11) is 6.08. The van der Waals surface area contributed by atoms with Gasteiger partial charge in [0.2, 0.25) is 11.7 Å². The monoisotopic (exact) mass is 325 g/mol. The Morgan fingerprint density at radius 2 is 1.78 bits per heavy atom. The molecular weight excluding hydrogens is 302 g/mol. The number of carbonyl (C=O) groups excluding carboxylic acids is 1. The second-order valence-corrected chi connectivity index (χ2v) is 4.85. The van der Waals surface area contributed by atoms with Gasteiger partial charge >= 0.3 is 0 Å². The molecule has 7 heteroatoms. The minimum atomic E-state index is -0.960. The second kappa shape index (κ2) is 9.02. The molecule has 0 saturated carbocycles. The molecule has 0 saturated heterocycles. The number of methoxy groups -OCH3 is 3. The van der Waals surface area contributed by atoms with E-state index in [1.165, 1.54) is 32.3 Å². The minimum absolute atomic E-state index is 0.0505. The minimum Gasteiger partial charge on any atom is -0.493 e. The molecule has 7 nitrogen and oxygen atoms in total. The van der Waals surface area contributed by atoms with Gasteiger partial charge in [-0.15, -0.1) is 0 Å². The van der Waals surface area contributed by atoms with Crippen LogP contribution >= 0.6 is 0 Å².